The summed E-state index contributed by atoms with van der Waals surface area (Å²) in [7, 11) is -3.55. The van der Waals surface area contributed by atoms with Crippen molar-refractivity contribution in [2.24, 2.45) is 0 Å². The Morgan fingerprint density at radius 3 is 2.84 bits per heavy atom. The maximum atomic E-state index is 12.2. The fraction of sp³-hybridized carbons (Fsp3) is 0.500. The Labute approximate surface area is 123 Å². The van der Waals surface area contributed by atoms with Gasteiger partial charge in [0.15, 0.2) is 0 Å². The molecule has 0 aliphatic carbocycles. The van der Waals surface area contributed by atoms with E-state index in [1.165, 1.54) is 31.0 Å². The van der Waals surface area contributed by atoms with E-state index in [1.807, 2.05) is 11.8 Å². The summed E-state index contributed by atoms with van der Waals surface area (Å²) in [6.07, 6.45) is 3.45. The van der Waals surface area contributed by atoms with Crippen molar-refractivity contribution in [3.63, 3.8) is 0 Å². The van der Waals surface area contributed by atoms with Gasteiger partial charge in [-0.15, -0.1) is 0 Å². The molecule has 4 nitrogen and oxygen atoms in total. The summed E-state index contributed by atoms with van der Waals surface area (Å²) in [5, 5.41) is 0.788. The fourth-order valence-corrected chi connectivity index (χ4v) is 4.73. The first kappa shape index (κ1) is 15.0. The van der Waals surface area contributed by atoms with Gasteiger partial charge in [0, 0.05) is 16.8 Å². The lowest BCUT2D eigenvalue weighted by Gasteiger charge is -2.21. The summed E-state index contributed by atoms with van der Waals surface area (Å²) in [4.78, 5) is 0.0951. The zero-order valence-corrected chi connectivity index (χ0v) is 12.8. The maximum Gasteiger partial charge on any atom is 0.242 e. The van der Waals surface area contributed by atoms with Crippen molar-refractivity contribution in [3.05, 3.63) is 23.2 Å². The summed E-state index contributed by atoms with van der Waals surface area (Å²) in [6.45, 7) is 0.453. The highest BCUT2D eigenvalue weighted by Crippen LogP contribution is 2.26. The zero-order chi connectivity index (χ0) is 13.9. The quantitative estimate of drug-likeness (QED) is 0.836. The van der Waals surface area contributed by atoms with E-state index < -0.39 is 10.0 Å². The second-order valence-electron chi connectivity index (χ2n) is 4.52. The third-order valence-electron chi connectivity index (χ3n) is 3.04. The van der Waals surface area contributed by atoms with Crippen LogP contribution in [-0.4, -0.2) is 26.0 Å². The van der Waals surface area contributed by atoms with Crippen LogP contribution in [0.3, 0.4) is 0 Å². The molecule has 0 spiro atoms. The van der Waals surface area contributed by atoms with Crippen LogP contribution in [0, 0.1) is 0 Å². The monoisotopic (exact) mass is 320 g/mol. The Morgan fingerprint density at radius 1 is 1.42 bits per heavy atom. The molecule has 3 N–H and O–H groups in total. The topological polar surface area (TPSA) is 72.2 Å². The van der Waals surface area contributed by atoms with Crippen molar-refractivity contribution < 1.29 is 8.42 Å². The molecule has 1 heterocycles. The van der Waals surface area contributed by atoms with E-state index in [9.17, 15) is 8.42 Å². The van der Waals surface area contributed by atoms with Crippen LogP contribution in [0.25, 0.3) is 0 Å². The third kappa shape index (κ3) is 4.02. The Morgan fingerprint density at radius 2 is 2.21 bits per heavy atom. The second-order valence-corrected chi connectivity index (χ2v) is 8.10. The van der Waals surface area contributed by atoms with E-state index in [4.69, 9.17) is 17.3 Å². The average Bonchev–Trinajstić information content (AvgIpc) is 2.37. The highest BCUT2D eigenvalue weighted by atomic mass is 35.5. The minimum absolute atomic E-state index is 0.0951. The molecule has 1 aromatic rings. The van der Waals surface area contributed by atoms with Gasteiger partial charge in [-0.2, -0.15) is 11.8 Å². The number of nitrogens with one attached hydrogen (secondary N) is 1. The summed E-state index contributed by atoms with van der Waals surface area (Å²) < 4.78 is 27.0. The van der Waals surface area contributed by atoms with Gasteiger partial charge in [-0.1, -0.05) is 18.0 Å². The number of nitrogens with two attached hydrogens (primary N) is 1. The normalized spacial score (nSPS) is 20.4. The van der Waals surface area contributed by atoms with E-state index in [1.54, 1.807) is 0 Å². The van der Waals surface area contributed by atoms with Crippen LogP contribution in [0.2, 0.25) is 5.02 Å². The lowest BCUT2D eigenvalue weighted by atomic mass is 10.2. The maximum absolute atomic E-state index is 12.2. The highest BCUT2D eigenvalue weighted by molar-refractivity contribution is 8.00. The number of thioether (sulfide) groups is 1. The van der Waals surface area contributed by atoms with E-state index in [2.05, 4.69) is 4.72 Å². The Balaban J connectivity index is 2.05. The molecule has 0 amide bonds. The van der Waals surface area contributed by atoms with Crippen LogP contribution in [0.4, 0.5) is 5.69 Å². The van der Waals surface area contributed by atoms with Crippen molar-refractivity contribution in [2.45, 2.75) is 29.4 Å². The largest absolute Gasteiger partial charge is 0.398 e. The number of nitrogen functional groups attached to an aromatic ring is 1. The van der Waals surface area contributed by atoms with Crippen LogP contribution >= 0.6 is 23.4 Å². The molecule has 0 radical (unpaired) electrons. The van der Waals surface area contributed by atoms with Gasteiger partial charge in [-0.25, -0.2) is 13.1 Å². The molecule has 0 bridgehead atoms. The van der Waals surface area contributed by atoms with Gasteiger partial charge in [-0.3, -0.25) is 0 Å². The second kappa shape index (κ2) is 6.35. The van der Waals surface area contributed by atoms with Gasteiger partial charge in [0.05, 0.1) is 5.69 Å². The minimum Gasteiger partial charge on any atom is -0.398 e. The minimum atomic E-state index is -3.55. The van der Waals surface area contributed by atoms with Gasteiger partial charge in [0.25, 0.3) is 0 Å². The number of halogens is 1. The van der Waals surface area contributed by atoms with Crippen LogP contribution < -0.4 is 10.5 Å². The molecule has 1 atom stereocenters. The number of hydrogen-bond acceptors (Lipinski definition) is 4. The molecular formula is C12H17ClN2O2S2. The van der Waals surface area contributed by atoms with Crippen molar-refractivity contribution in [1.29, 1.82) is 0 Å². The average molecular weight is 321 g/mol. The summed E-state index contributed by atoms with van der Waals surface area (Å²) in [5.41, 5.74) is 5.88. The van der Waals surface area contributed by atoms with E-state index in [0.29, 0.717) is 16.8 Å². The van der Waals surface area contributed by atoms with Crippen LogP contribution in [0.5, 0.6) is 0 Å². The molecule has 1 unspecified atom stereocenters. The summed E-state index contributed by atoms with van der Waals surface area (Å²) >= 11 is 7.59. The van der Waals surface area contributed by atoms with Crippen LogP contribution in [-0.2, 0) is 10.0 Å². The lowest BCUT2D eigenvalue weighted by Crippen LogP contribution is -2.32. The third-order valence-corrected chi connectivity index (χ3v) is 6.17. The summed E-state index contributed by atoms with van der Waals surface area (Å²) in [6, 6.07) is 4.42. The fourth-order valence-electron chi connectivity index (χ4n) is 2.01. The predicted octanol–water partition coefficient (Wildman–Crippen LogP) is 2.49. The van der Waals surface area contributed by atoms with Crippen molar-refractivity contribution in [3.8, 4) is 0 Å². The first-order valence-corrected chi connectivity index (χ1v) is 9.06. The standard InChI is InChI=1S/C12H17ClN2O2S2/c13-9-4-5-12(11(14)7-9)19(16,17)15-8-10-3-1-2-6-18-10/h4-5,7,10,15H,1-3,6,8,14H2. The van der Waals surface area contributed by atoms with Gasteiger partial charge in [0.1, 0.15) is 4.90 Å². The van der Waals surface area contributed by atoms with Crippen molar-refractivity contribution in [2.75, 3.05) is 18.0 Å². The smallest absolute Gasteiger partial charge is 0.242 e. The van der Waals surface area contributed by atoms with Crippen LogP contribution in [0.15, 0.2) is 23.1 Å². The van der Waals surface area contributed by atoms with Gasteiger partial charge in [0.2, 0.25) is 10.0 Å². The first-order chi connectivity index (χ1) is 8.99. The van der Waals surface area contributed by atoms with Gasteiger partial charge < -0.3 is 5.73 Å². The van der Waals surface area contributed by atoms with Crippen molar-refractivity contribution >= 4 is 39.1 Å². The van der Waals surface area contributed by atoms with E-state index in [-0.39, 0.29) is 10.6 Å². The molecule has 7 heteroatoms. The number of anilines is 1. The number of hydrogen-bond donors (Lipinski definition) is 2. The Hall–Kier alpha value is -0.430. The van der Waals surface area contributed by atoms with Gasteiger partial charge >= 0.3 is 0 Å². The molecule has 1 saturated heterocycles. The SMILES string of the molecule is Nc1cc(Cl)ccc1S(=O)(=O)NCC1CCCCS1. The van der Waals surface area contributed by atoms with Crippen molar-refractivity contribution in [1.82, 2.24) is 4.72 Å². The molecule has 19 heavy (non-hydrogen) atoms. The van der Waals surface area contributed by atoms with Gasteiger partial charge in [-0.05, 0) is 36.8 Å². The highest BCUT2D eigenvalue weighted by Gasteiger charge is 2.21. The summed E-state index contributed by atoms with van der Waals surface area (Å²) in [5.74, 6) is 1.11. The number of benzene rings is 1. The molecular weight excluding hydrogens is 304 g/mol. The molecule has 1 aliphatic rings. The van der Waals surface area contributed by atoms with Crippen LogP contribution in [0.1, 0.15) is 19.3 Å². The molecule has 1 aromatic carbocycles. The first-order valence-electron chi connectivity index (χ1n) is 6.15. The molecule has 106 valence electrons. The van der Waals surface area contributed by atoms with E-state index in [0.717, 1.165) is 12.2 Å². The predicted molar refractivity (Wildman–Crippen MR) is 81.1 cm³/mol. The van der Waals surface area contributed by atoms with E-state index >= 15 is 0 Å². The number of rotatable bonds is 4. The Bertz CT molecular complexity index is 543. The lowest BCUT2D eigenvalue weighted by molar-refractivity contribution is 0.574. The molecule has 0 aromatic heterocycles. The molecule has 1 aliphatic heterocycles. The molecule has 0 saturated carbocycles. The molecule has 1 fully saturated rings. The number of sulfonamides is 1. The Kier molecular flexibility index (Phi) is 5.00. The molecule has 2 rings (SSSR count). The zero-order valence-electron chi connectivity index (χ0n) is 10.4.